The molecule has 8 nitrogen and oxygen atoms in total. The third-order valence-electron chi connectivity index (χ3n) is 3.61. The van der Waals surface area contributed by atoms with Crippen molar-refractivity contribution in [2.75, 3.05) is 26.2 Å². The normalized spacial score (nSPS) is 11.3. The zero-order valence-electron chi connectivity index (χ0n) is 15.2. The van der Waals surface area contributed by atoms with E-state index in [-0.39, 0.29) is 24.0 Å². The van der Waals surface area contributed by atoms with Gasteiger partial charge in [0.05, 0.1) is 11.2 Å². The van der Waals surface area contributed by atoms with Crippen molar-refractivity contribution >= 4 is 16.1 Å². The highest BCUT2D eigenvalue weighted by atomic mass is 32.2. The summed E-state index contributed by atoms with van der Waals surface area (Å²) in [5, 5.41) is 5.28. The number of aryl methyl sites for hydroxylation is 1. The Morgan fingerprint density at radius 2 is 1.81 bits per heavy atom. The summed E-state index contributed by atoms with van der Waals surface area (Å²) in [5.74, 6) is 0.758. The Bertz CT molecular complexity index is 789. The highest BCUT2D eigenvalue weighted by molar-refractivity contribution is 7.89. The SMILES string of the molecule is Cc1ccc(S(=O)(=O)NCCNC(=O)NCCCOCc2ccco2)cc1. The molecule has 3 N–H and O–H groups in total. The van der Waals surface area contributed by atoms with Gasteiger partial charge in [0.2, 0.25) is 10.0 Å². The van der Waals surface area contributed by atoms with E-state index in [1.807, 2.05) is 13.0 Å². The molecule has 0 aliphatic carbocycles. The van der Waals surface area contributed by atoms with Crippen molar-refractivity contribution in [1.82, 2.24) is 15.4 Å². The van der Waals surface area contributed by atoms with Crippen LogP contribution in [0.15, 0.2) is 52.0 Å². The average molecular weight is 395 g/mol. The van der Waals surface area contributed by atoms with E-state index in [9.17, 15) is 13.2 Å². The molecule has 2 rings (SSSR count). The topological polar surface area (TPSA) is 110 Å². The lowest BCUT2D eigenvalue weighted by Gasteiger charge is -2.09. The highest BCUT2D eigenvalue weighted by Gasteiger charge is 2.12. The average Bonchev–Trinajstić information content (AvgIpc) is 3.15. The van der Waals surface area contributed by atoms with Gasteiger partial charge in [-0.05, 0) is 37.6 Å². The van der Waals surface area contributed by atoms with Crippen LogP contribution < -0.4 is 15.4 Å². The molecule has 1 aromatic carbocycles. The molecule has 1 aromatic heterocycles. The molecule has 9 heteroatoms. The number of hydrogen-bond donors (Lipinski definition) is 3. The molecule has 27 heavy (non-hydrogen) atoms. The Balaban J connectivity index is 1.52. The number of rotatable bonds is 11. The minimum Gasteiger partial charge on any atom is -0.467 e. The first kappa shape index (κ1) is 20.9. The fraction of sp³-hybridized carbons (Fsp3) is 0.389. The molecule has 0 spiro atoms. The quantitative estimate of drug-likeness (QED) is 0.503. The Morgan fingerprint density at radius 1 is 1.07 bits per heavy atom. The fourth-order valence-corrected chi connectivity index (χ4v) is 3.20. The summed E-state index contributed by atoms with van der Waals surface area (Å²) >= 11 is 0. The van der Waals surface area contributed by atoms with Crippen molar-refractivity contribution in [3.63, 3.8) is 0 Å². The number of sulfonamides is 1. The molecule has 2 amide bonds. The largest absolute Gasteiger partial charge is 0.467 e. The summed E-state index contributed by atoms with van der Waals surface area (Å²) in [4.78, 5) is 11.8. The molecule has 0 radical (unpaired) electrons. The van der Waals surface area contributed by atoms with Crippen molar-refractivity contribution in [3.05, 3.63) is 54.0 Å². The maximum absolute atomic E-state index is 12.1. The number of carbonyl (C=O) groups is 1. The Morgan fingerprint density at radius 3 is 2.52 bits per heavy atom. The molecule has 0 aliphatic rings. The molecule has 1 heterocycles. The minimum atomic E-state index is -3.57. The number of nitrogens with one attached hydrogen (secondary N) is 3. The van der Waals surface area contributed by atoms with Crippen LogP contribution in [-0.4, -0.2) is 40.7 Å². The van der Waals surface area contributed by atoms with Gasteiger partial charge in [-0.3, -0.25) is 0 Å². The maximum atomic E-state index is 12.1. The predicted octanol–water partition coefficient (Wildman–Crippen LogP) is 1.77. The van der Waals surface area contributed by atoms with Crippen molar-refractivity contribution in [2.24, 2.45) is 0 Å². The third-order valence-corrected chi connectivity index (χ3v) is 5.09. The van der Waals surface area contributed by atoms with Gasteiger partial charge in [0.1, 0.15) is 12.4 Å². The molecule has 0 bridgehead atoms. The molecule has 0 unspecified atom stereocenters. The van der Waals surface area contributed by atoms with Crippen LogP contribution in [-0.2, 0) is 21.4 Å². The van der Waals surface area contributed by atoms with Crippen LogP contribution in [0.3, 0.4) is 0 Å². The summed E-state index contributed by atoms with van der Waals surface area (Å²) in [7, 11) is -3.57. The van der Waals surface area contributed by atoms with Gasteiger partial charge in [-0.1, -0.05) is 17.7 Å². The number of amides is 2. The van der Waals surface area contributed by atoms with Crippen LogP contribution in [0.1, 0.15) is 17.7 Å². The molecular weight excluding hydrogens is 370 g/mol. The predicted molar refractivity (Wildman–Crippen MR) is 101 cm³/mol. The minimum absolute atomic E-state index is 0.107. The molecular formula is C18H25N3O5S. The van der Waals surface area contributed by atoms with E-state index in [4.69, 9.17) is 9.15 Å². The molecule has 2 aromatic rings. The number of urea groups is 1. The number of ether oxygens (including phenoxy) is 1. The molecule has 0 aliphatic heterocycles. The van der Waals surface area contributed by atoms with Crippen molar-refractivity contribution in [3.8, 4) is 0 Å². The zero-order chi connectivity index (χ0) is 19.5. The Kier molecular flexibility index (Phi) is 8.31. The van der Waals surface area contributed by atoms with Crippen LogP contribution in [0.5, 0.6) is 0 Å². The van der Waals surface area contributed by atoms with Crippen LogP contribution in [0.2, 0.25) is 0 Å². The fourth-order valence-electron chi connectivity index (χ4n) is 2.17. The Hall–Kier alpha value is -2.36. The number of carbonyl (C=O) groups excluding carboxylic acids is 1. The summed E-state index contributed by atoms with van der Waals surface area (Å²) in [5.41, 5.74) is 0.985. The summed E-state index contributed by atoms with van der Waals surface area (Å²) < 4.78 is 37.2. The van der Waals surface area contributed by atoms with Crippen LogP contribution in [0.4, 0.5) is 4.79 Å². The van der Waals surface area contributed by atoms with Gasteiger partial charge in [0.15, 0.2) is 0 Å². The van der Waals surface area contributed by atoms with Gasteiger partial charge in [-0.15, -0.1) is 0 Å². The molecule has 0 saturated heterocycles. The summed E-state index contributed by atoms with van der Waals surface area (Å²) in [6.07, 6.45) is 2.25. The van der Waals surface area contributed by atoms with Crippen molar-refractivity contribution in [2.45, 2.75) is 24.8 Å². The van der Waals surface area contributed by atoms with E-state index >= 15 is 0 Å². The van der Waals surface area contributed by atoms with Gasteiger partial charge < -0.3 is 19.8 Å². The number of hydrogen-bond acceptors (Lipinski definition) is 5. The van der Waals surface area contributed by atoms with Crippen molar-refractivity contribution < 1.29 is 22.4 Å². The third kappa shape index (κ3) is 7.81. The lowest BCUT2D eigenvalue weighted by molar-refractivity contribution is 0.104. The van der Waals surface area contributed by atoms with Crippen LogP contribution >= 0.6 is 0 Å². The van der Waals surface area contributed by atoms with Gasteiger partial charge in [-0.25, -0.2) is 17.9 Å². The zero-order valence-corrected chi connectivity index (χ0v) is 16.1. The van der Waals surface area contributed by atoms with Gasteiger partial charge in [0.25, 0.3) is 0 Å². The molecule has 0 fully saturated rings. The Labute approximate surface area is 159 Å². The van der Waals surface area contributed by atoms with Crippen LogP contribution in [0, 0.1) is 6.92 Å². The summed E-state index contributed by atoms with van der Waals surface area (Å²) in [6.45, 7) is 3.54. The second kappa shape index (κ2) is 10.7. The smallest absolute Gasteiger partial charge is 0.314 e. The number of furan rings is 1. The van der Waals surface area contributed by atoms with E-state index in [0.717, 1.165) is 11.3 Å². The summed E-state index contributed by atoms with van der Waals surface area (Å²) in [6, 6.07) is 9.84. The van der Waals surface area contributed by atoms with E-state index in [2.05, 4.69) is 15.4 Å². The monoisotopic (exact) mass is 395 g/mol. The molecule has 0 saturated carbocycles. The molecule has 148 valence electrons. The van der Waals surface area contributed by atoms with E-state index in [1.54, 1.807) is 36.6 Å². The lowest BCUT2D eigenvalue weighted by Crippen LogP contribution is -2.40. The molecule has 0 atom stereocenters. The van der Waals surface area contributed by atoms with Gasteiger partial charge in [0, 0.05) is 26.2 Å². The first-order valence-corrected chi connectivity index (χ1v) is 10.1. The first-order valence-electron chi connectivity index (χ1n) is 8.65. The first-order chi connectivity index (χ1) is 13.0. The van der Waals surface area contributed by atoms with Gasteiger partial charge >= 0.3 is 6.03 Å². The maximum Gasteiger partial charge on any atom is 0.314 e. The lowest BCUT2D eigenvalue weighted by atomic mass is 10.2. The van der Waals surface area contributed by atoms with Crippen molar-refractivity contribution in [1.29, 1.82) is 0 Å². The van der Waals surface area contributed by atoms with Crippen LogP contribution in [0.25, 0.3) is 0 Å². The highest BCUT2D eigenvalue weighted by Crippen LogP contribution is 2.09. The second-order valence-corrected chi connectivity index (χ2v) is 7.65. The van der Waals surface area contributed by atoms with E-state index in [0.29, 0.717) is 26.2 Å². The van der Waals surface area contributed by atoms with E-state index < -0.39 is 10.0 Å². The number of benzene rings is 1. The van der Waals surface area contributed by atoms with E-state index in [1.165, 1.54) is 0 Å². The second-order valence-electron chi connectivity index (χ2n) is 5.88. The van der Waals surface area contributed by atoms with Gasteiger partial charge in [-0.2, -0.15) is 0 Å². The standard InChI is InChI=1S/C18H25N3O5S/c1-15-5-7-17(8-6-15)27(23,24)21-11-10-20-18(22)19-9-3-12-25-14-16-4-2-13-26-16/h2,4-8,13,21H,3,9-12,14H2,1H3,(H2,19,20,22).